The molecule has 0 unspecified atom stereocenters. The Hall–Kier alpha value is -7.42. The predicted molar refractivity (Wildman–Crippen MR) is 252 cm³/mol. The highest BCUT2D eigenvalue weighted by molar-refractivity contribution is 6.31. The van der Waals surface area contributed by atoms with Crippen molar-refractivity contribution in [3.63, 3.8) is 0 Å². The second-order valence-electron chi connectivity index (χ2n) is 15.5. The summed E-state index contributed by atoms with van der Waals surface area (Å²) in [5.41, 5.74) is 2.95. The van der Waals surface area contributed by atoms with Crippen molar-refractivity contribution >= 4 is 35.1 Å². The van der Waals surface area contributed by atoms with E-state index in [2.05, 4.69) is 4.74 Å². The van der Waals surface area contributed by atoms with Gasteiger partial charge in [0, 0.05) is 43.9 Å². The molecule has 0 bridgehead atoms. The number of halogens is 8. The zero-order chi connectivity index (χ0) is 49.6. The molecule has 2 aromatic heterocycles. The van der Waals surface area contributed by atoms with E-state index in [0.717, 1.165) is 36.4 Å². The summed E-state index contributed by atoms with van der Waals surface area (Å²) in [4.78, 5) is 23.7. The van der Waals surface area contributed by atoms with Gasteiger partial charge in [0.25, 0.3) is 0 Å². The summed E-state index contributed by atoms with van der Waals surface area (Å²) in [6, 6.07) is 42.1. The van der Waals surface area contributed by atoms with Crippen molar-refractivity contribution in [2.45, 2.75) is 39.4 Å². The van der Waals surface area contributed by atoms with Crippen LogP contribution in [0, 0.1) is 13.8 Å². The second-order valence-corrected chi connectivity index (χ2v) is 16.4. The highest BCUT2D eigenvalue weighted by Crippen LogP contribution is 2.40. The fourth-order valence-electron chi connectivity index (χ4n) is 7.48. The summed E-state index contributed by atoms with van der Waals surface area (Å²) in [7, 11) is 1.12. The zero-order valence-corrected chi connectivity index (χ0v) is 38.3. The Bertz CT molecular complexity index is 3130. The van der Waals surface area contributed by atoms with Crippen LogP contribution in [-0.2, 0) is 30.3 Å². The molecule has 8 nitrogen and oxygen atoms in total. The van der Waals surface area contributed by atoms with E-state index in [-0.39, 0.29) is 23.5 Å². The SMILES string of the molecule is COC(=O)c1cc(-n2c(C)ccc2-c2cc(Cl)ccc2OCc2ccccc2)cc(C(F)(F)F)c1.Cc1ccc(-c2cc(Cl)ccc2OCc2ccccc2)n1-c1cc(C(=O)O)cc(C(F)(F)F)c1. The zero-order valence-electron chi connectivity index (χ0n) is 36.8. The first kappa shape index (κ1) is 49.5. The third-order valence-corrected chi connectivity index (χ3v) is 11.2. The molecule has 2 heterocycles. The summed E-state index contributed by atoms with van der Waals surface area (Å²) in [6.45, 7) is 4.06. The fraction of sp³-hybridized carbons (Fsp3) is 0.132. The number of hydrogen-bond acceptors (Lipinski definition) is 5. The van der Waals surface area contributed by atoms with Crippen LogP contribution in [-0.4, -0.2) is 33.3 Å². The lowest BCUT2D eigenvalue weighted by atomic mass is 10.1. The maximum atomic E-state index is 13.7. The van der Waals surface area contributed by atoms with Crippen LogP contribution in [0.4, 0.5) is 26.3 Å². The number of ether oxygens (including phenoxy) is 3. The Morgan fingerprint density at radius 3 is 1.33 bits per heavy atom. The summed E-state index contributed by atoms with van der Waals surface area (Å²) in [6.07, 6.45) is -9.36. The van der Waals surface area contributed by atoms with Gasteiger partial charge in [-0.2, -0.15) is 26.3 Å². The van der Waals surface area contributed by atoms with Crippen LogP contribution in [0.15, 0.2) is 158 Å². The average molecular weight is 986 g/mol. The number of esters is 1. The highest BCUT2D eigenvalue weighted by atomic mass is 35.5. The van der Waals surface area contributed by atoms with E-state index in [1.54, 1.807) is 83.6 Å². The number of carboxylic acids is 1. The molecule has 8 aromatic rings. The van der Waals surface area contributed by atoms with E-state index in [0.29, 0.717) is 68.1 Å². The summed E-state index contributed by atoms with van der Waals surface area (Å²) in [5.74, 6) is -1.32. The van der Waals surface area contributed by atoms with Crippen LogP contribution in [0.2, 0.25) is 10.0 Å². The Balaban J connectivity index is 0.000000204. The number of hydrogen-bond donors (Lipinski definition) is 1. The molecular formula is C53H40Cl2F6N2O6. The molecule has 354 valence electrons. The number of carbonyl (C=O) groups excluding carboxylic acids is 1. The third-order valence-electron chi connectivity index (χ3n) is 10.7. The molecule has 0 spiro atoms. The van der Waals surface area contributed by atoms with Crippen molar-refractivity contribution in [3.8, 4) is 45.4 Å². The third kappa shape index (κ3) is 11.8. The molecule has 0 fully saturated rings. The number of alkyl halides is 6. The number of methoxy groups -OCH3 is 1. The number of nitrogens with zero attached hydrogens (tertiary/aromatic N) is 2. The van der Waals surface area contributed by atoms with E-state index in [1.165, 1.54) is 12.1 Å². The Morgan fingerprint density at radius 1 is 0.536 bits per heavy atom. The lowest BCUT2D eigenvalue weighted by Crippen LogP contribution is -2.11. The lowest BCUT2D eigenvalue weighted by molar-refractivity contribution is -0.138. The average Bonchev–Trinajstić information content (AvgIpc) is 3.92. The summed E-state index contributed by atoms with van der Waals surface area (Å²) >= 11 is 12.5. The lowest BCUT2D eigenvalue weighted by Gasteiger charge is -2.18. The highest BCUT2D eigenvalue weighted by Gasteiger charge is 2.34. The van der Waals surface area contributed by atoms with Gasteiger partial charge in [-0.15, -0.1) is 0 Å². The first-order chi connectivity index (χ1) is 32.8. The molecule has 0 atom stereocenters. The number of carbonyl (C=O) groups is 2. The molecule has 16 heteroatoms. The van der Waals surface area contributed by atoms with Crippen molar-refractivity contribution in [3.05, 3.63) is 213 Å². The van der Waals surface area contributed by atoms with Gasteiger partial charge < -0.3 is 28.5 Å². The number of benzene rings is 6. The van der Waals surface area contributed by atoms with Crippen LogP contribution in [0.25, 0.3) is 33.9 Å². The maximum absolute atomic E-state index is 13.7. The van der Waals surface area contributed by atoms with Crippen LogP contribution in [0.3, 0.4) is 0 Å². The van der Waals surface area contributed by atoms with Gasteiger partial charge in [0.1, 0.15) is 24.7 Å². The van der Waals surface area contributed by atoms with Crippen LogP contribution >= 0.6 is 23.2 Å². The topological polar surface area (TPSA) is 91.9 Å². The first-order valence-corrected chi connectivity index (χ1v) is 21.6. The van der Waals surface area contributed by atoms with Gasteiger partial charge in [0.15, 0.2) is 0 Å². The van der Waals surface area contributed by atoms with Gasteiger partial charge in [-0.1, -0.05) is 83.9 Å². The molecule has 1 N–H and O–H groups in total. The molecule has 0 aliphatic carbocycles. The van der Waals surface area contributed by atoms with Gasteiger partial charge in [-0.05, 0) is 122 Å². The minimum atomic E-state index is -4.71. The fourth-order valence-corrected chi connectivity index (χ4v) is 7.82. The van der Waals surface area contributed by atoms with Crippen LogP contribution < -0.4 is 9.47 Å². The van der Waals surface area contributed by atoms with Gasteiger partial charge in [0.2, 0.25) is 0 Å². The van der Waals surface area contributed by atoms with E-state index >= 15 is 0 Å². The van der Waals surface area contributed by atoms with Crippen molar-refractivity contribution in [2.24, 2.45) is 0 Å². The minimum Gasteiger partial charge on any atom is -0.488 e. The summed E-state index contributed by atoms with van der Waals surface area (Å²) in [5, 5.41) is 10.3. The molecule has 8 rings (SSSR count). The van der Waals surface area contributed by atoms with E-state index in [4.69, 9.17) is 32.7 Å². The molecule has 0 aliphatic rings. The Morgan fingerprint density at radius 2 is 0.942 bits per heavy atom. The van der Waals surface area contributed by atoms with Gasteiger partial charge in [-0.25, -0.2) is 9.59 Å². The normalized spacial score (nSPS) is 11.4. The van der Waals surface area contributed by atoms with Crippen molar-refractivity contribution in [1.29, 1.82) is 0 Å². The van der Waals surface area contributed by atoms with Crippen LogP contribution in [0.5, 0.6) is 11.5 Å². The van der Waals surface area contributed by atoms with Gasteiger partial charge in [0.05, 0.1) is 40.8 Å². The molecule has 0 saturated heterocycles. The summed E-state index contributed by atoms with van der Waals surface area (Å²) < 4.78 is 101. The smallest absolute Gasteiger partial charge is 0.416 e. The minimum absolute atomic E-state index is 0.0682. The number of aromatic carboxylic acids is 1. The van der Waals surface area contributed by atoms with Gasteiger partial charge >= 0.3 is 24.3 Å². The number of aryl methyl sites for hydroxylation is 2. The van der Waals surface area contributed by atoms with E-state index in [9.17, 15) is 41.0 Å². The predicted octanol–water partition coefficient (Wildman–Crippen LogP) is 14.9. The quantitative estimate of drug-likeness (QED) is 0.0968. The van der Waals surface area contributed by atoms with Crippen LogP contribution in [0.1, 0.15) is 54.4 Å². The number of carboxylic acid groups (broad SMARTS) is 1. The second kappa shape index (κ2) is 20.8. The van der Waals surface area contributed by atoms with Crippen molar-refractivity contribution < 1.29 is 55.2 Å². The maximum Gasteiger partial charge on any atom is 0.416 e. The molecule has 0 amide bonds. The Labute approximate surface area is 402 Å². The van der Waals surface area contributed by atoms with E-state index in [1.807, 2.05) is 60.7 Å². The standard InChI is InChI=1S/C27H21ClF3NO3.C26H19ClF3NO3/c1-17-8-10-24(23-15-21(28)9-11-25(23)35-16-18-6-4-3-5-7-18)32(17)22-13-19(26(33)34-2)12-20(14-22)27(29,30)31;1-16-7-9-23(31(16)21-12-18(25(32)33)11-19(13-21)26(28,29)30)22-14-20(27)8-10-24(22)34-15-17-5-3-2-4-6-17/h3-15H,16H2,1-2H3;2-14H,15H2,1H3,(H,32,33). The monoisotopic (exact) mass is 984 g/mol. The van der Waals surface area contributed by atoms with Crippen molar-refractivity contribution in [2.75, 3.05) is 7.11 Å². The number of aromatic nitrogens is 2. The van der Waals surface area contributed by atoms with Crippen molar-refractivity contribution in [1.82, 2.24) is 9.13 Å². The molecule has 0 saturated carbocycles. The van der Waals surface area contributed by atoms with E-state index < -0.39 is 41.0 Å². The Kier molecular flexibility index (Phi) is 14.9. The molecular weight excluding hydrogens is 945 g/mol. The molecule has 6 aromatic carbocycles. The molecule has 0 aliphatic heterocycles. The largest absolute Gasteiger partial charge is 0.488 e. The number of rotatable bonds is 12. The first-order valence-electron chi connectivity index (χ1n) is 20.9. The van der Waals surface area contributed by atoms with Gasteiger partial charge in [-0.3, -0.25) is 0 Å². The molecule has 69 heavy (non-hydrogen) atoms. The molecule has 0 radical (unpaired) electrons.